The molecular formula is C102H58B3F16N5O4S2. The summed E-state index contributed by atoms with van der Waals surface area (Å²) in [5.74, 6) is -21.0. The van der Waals surface area contributed by atoms with Crippen LogP contribution in [0.5, 0.6) is 46.0 Å². The summed E-state index contributed by atoms with van der Waals surface area (Å²) in [6.45, 7) is 8.37. The van der Waals surface area contributed by atoms with E-state index in [9.17, 15) is 0 Å². The molecule has 648 valence electrons. The van der Waals surface area contributed by atoms with Crippen molar-refractivity contribution >= 4 is 196 Å². The minimum absolute atomic E-state index is 0.00945. The molecule has 15 aromatic carbocycles. The van der Waals surface area contributed by atoms with Crippen LogP contribution < -0.4 is 91.2 Å². The molecule has 9 nitrogen and oxygen atoms in total. The highest BCUT2D eigenvalue weighted by Gasteiger charge is 2.53. The summed E-state index contributed by atoms with van der Waals surface area (Å²) in [5, 5.41) is 1.14. The Hall–Kier alpha value is -14.5. The van der Waals surface area contributed by atoms with Crippen LogP contribution in [-0.2, 0) is 10.8 Å². The Kier molecular flexibility index (Phi) is 18.3. The van der Waals surface area contributed by atoms with Crippen LogP contribution in [0.3, 0.4) is 0 Å². The van der Waals surface area contributed by atoms with Gasteiger partial charge in [-0.25, -0.2) is 70.2 Å². The summed E-state index contributed by atoms with van der Waals surface area (Å²) >= 11 is 2.61. The fourth-order valence-corrected chi connectivity index (χ4v) is 21.9. The predicted octanol–water partition coefficient (Wildman–Crippen LogP) is 24.9. The minimum atomic E-state index is -1.41. The van der Waals surface area contributed by atoms with Crippen molar-refractivity contribution in [3.05, 3.63) is 347 Å². The number of fused-ring (bicyclic) bond motifs is 16. The van der Waals surface area contributed by atoms with Gasteiger partial charge in [-0.15, -0.1) is 22.7 Å². The second-order valence-corrected chi connectivity index (χ2v) is 37.1. The lowest BCUT2D eigenvalue weighted by atomic mass is 9.30. The number of thiophene rings is 2. The van der Waals surface area contributed by atoms with Gasteiger partial charge in [0.1, 0.15) is 185 Å². The summed E-state index contributed by atoms with van der Waals surface area (Å²) in [6, 6.07) is 48.0. The maximum Gasteiger partial charge on any atom is 0.273 e. The van der Waals surface area contributed by atoms with E-state index in [1.807, 2.05) is 77.9 Å². The molecule has 6 aliphatic rings. The molecule has 30 heteroatoms. The first kappa shape index (κ1) is 81.9. The van der Waals surface area contributed by atoms with E-state index in [4.69, 9.17) is 18.9 Å². The SMILES string of the molecule is CC(C)(C)c1ccc2sc3c(c2c1)Oc1cc(N(c2c(F)cccc2F)c2c(F)cccc2F)cc2c1B3c1cc3c(cc1O2)Oc1cc(N(c2c(F)cccc2F)c2c(F)cccc2F)cc2c1B3c1cc3c(cc1N2c1c(F)cccc1F)N(c1c(F)cccc1F)c1cc(N(c2c(F)cccc2F)c2c(F)cccc2F)cc2c1B3c1sc3ccc(C(C)(C)C)cc3c1O2. The third kappa shape index (κ3) is 12.3. The lowest BCUT2D eigenvalue weighted by molar-refractivity contribution is 0.457. The molecule has 0 saturated heterocycles. The molecule has 0 spiro atoms. The second kappa shape index (κ2) is 29.5. The van der Waals surface area contributed by atoms with Crippen LogP contribution in [0.25, 0.3) is 20.2 Å². The van der Waals surface area contributed by atoms with Crippen LogP contribution in [0.1, 0.15) is 52.7 Å². The van der Waals surface area contributed by atoms with E-state index < -0.39 is 181 Å². The minimum Gasteiger partial charge on any atom is -0.458 e. The second-order valence-electron chi connectivity index (χ2n) is 35.0. The fourth-order valence-electron chi connectivity index (χ4n) is 19.4. The van der Waals surface area contributed by atoms with Gasteiger partial charge >= 0.3 is 0 Å². The molecule has 0 atom stereocenters. The molecule has 0 bridgehead atoms. The first-order chi connectivity index (χ1) is 63.3. The van der Waals surface area contributed by atoms with Gasteiger partial charge < -0.3 is 28.7 Å². The van der Waals surface area contributed by atoms with Gasteiger partial charge in [-0.1, -0.05) is 114 Å². The van der Waals surface area contributed by atoms with E-state index in [2.05, 4.69) is 0 Å². The predicted molar refractivity (Wildman–Crippen MR) is 487 cm³/mol. The Labute approximate surface area is 750 Å². The smallest absolute Gasteiger partial charge is 0.273 e. The van der Waals surface area contributed by atoms with Gasteiger partial charge in [0.05, 0.1) is 17.1 Å². The van der Waals surface area contributed by atoms with E-state index in [-0.39, 0.29) is 96.0 Å². The molecule has 17 aromatic rings. The summed E-state index contributed by atoms with van der Waals surface area (Å²) in [4.78, 5) is 4.14. The van der Waals surface area contributed by atoms with Crippen molar-refractivity contribution in [1.82, 2.24) is 0 Å². The van der Waals surface area contributed by atoms with Crippen LogP contribution >= 0.6 is 22.7 Å². The third-order valence-electron chi connectivity index (χ3n) is 25.2. The molecule has 23 rings (SSSR count). The summed E-state index contributed by atoms with van der Waals surface area (Å²) < 4.78 is 309. The molecule has 8 heterocycles. The van der Waals surface area contributed by atoms with Crippen molar-refractivity contribution < 1.29 is 89.2 Å². The maximum atomic E-state index is 18.4. The zero-order valence-corrected chi connectivity index (χ0v) is 71.2. The van der Waals surface area contributed by atoms with Gasteiger partial charge in [0.2, 0.25) is 0 Å². The molecule has 0 fully saturated rings. The highest BCUT2D eigenvalue weighted by Crippen LogP contribution is 2.57. The third-order valence-corrected chi connectivity index (χ3v) is 27.6. The van der Waals surface area contributed by atoms with E-state index in [1.54, 1.807) is 12.1 Å². The highest BCUT2D eigenvalue weighted by atomic mass is 32.1. The fraction of sp³-hybridized carbons (Fsp3) is 0.0784. The molecule has 0 N–H and O–H groups in total. The molecule has 0 unspecified atom stereocenters. The lowest BCUT2D eigenvalue weighted by Crippen LogP contribution is -2.64. The van der Waals surface area contributed by atoms with Gasteiger partial charge in [-0.05, 0) is 194 Å². The van der Waals surface area contributed by atoms with E-state index in [1.165, 1.54) is 71.2 Å². The van der Waals surface area contributed by atoms with E-state index in [0.717, 1.165) is 171 Å². The summed E-state index contributed by atoms with van der Waals surface area (Å²) in [5.41, 5.74) is -8.03. The number of rotatable bonds is 11. The molecular weight excluding hydrogens is 1760 g/mol. The monoisotopic (exact) mass is 1820 g/mol. The molecule has 0 saturated carbocycles. The quantitative estimate of drug-likeness (QED) is 0.0931. The van der Waals surface area contributed by atoms with Crippen LogP contribution in [0.2, 0.25) is 0 Å². The van der Waals surface area contributed by atoms with Crippen LogP contribution in [0, 0.1) is 93.1 Å². The number of halogens is 16. The molecule has 6 aliphatic heterocycles. The molecule has 0 amide bonds. The average molecular weight is 1820 g/mol. The molecule has 2 aromatic heterocycles. The number of benzene rings is 15. The Morgan fingerprint density at radius 2 is 0.530 bits per heavy atom. The van der Waals surface area contributed by atoms with Gasteiger partial charge in [0.25, 0.3) is 20.1 Å². The van der Waals surface area contributed by atoms with Crippen LogP contribution in [0.15, 0.2) is 243 Å². The van der Waals surface area contributed by atoms with Crippen molar-refractivity contribution in [2.24, 2.45) is 0 Å². The van der Waals surface area contributed by atoms with Crippen LogP contribution in [0.4, 0.5) is 156 Å². The Bertz CT molecular complexity index is 7670. The number of nitrogens with zero attached hydrogens (tertiary/aromatic N) is 5. The normalized spacial score (nSPS) is 13.4. The van der Waals surface area contributed by atoms with Crippen LogP contribution in [-0.4, -0.2) is 20.1 Å². The first-order valence-electron chi connectivity index (χ1n) is 41.6. The average Bonchev–Trinajstić information content (AvgIpc) is 1.17. The number of anilines is 15. The van der Waals surface area contributed by atoms with Gasteiger partial charge in [-0.3, -0.25) is 14.7 Å². The number of hydrogen-bond acceptors (Lipinski definition) is 11. The number of para-hydroxylation sites is 8. The molecule has 132 heavy (non-hydrogen) atoms. The number of ether oxygens (including phenoxy) is 4. The molecule has 0 radical (unpaired) electrons. The Morgan fingerprint density at radius 1 is 0.258 bits per heavy atom. The van der Waals surface area contributed by atoms with Crippen molar-refractivity contribution in [3.63, 3.8) is 0 Å². The standard InChI is InChI=1S/C102H58B3F16N5O4S2/c1-101(2,3)47-31-33-84-52(35-47)97-99(131-84)104-55-43-54-74(45-75(55)126(96-72(120)29-14-30-73(96)121)77-38-50(40-81(129-97)87(77)104)123(91-62(110)19-9-20-63(91)111)92-64(112)21-10-22-65(92)113)125(95-70(118)27-13-28-71(95)119)76-37-49(122(89-58(106)15-7-16-59(89)107)90-60(108)17-8-18-61(90)109)39-80-86(76)103(54)56-44-57-79(46-78(56)127-80)128-82-41-51(124(93-66(114)23-11-24-67(93)115)94-68(116)25-12-26-69(94)117)42-83-88(82)105(57)100-98(130-83)53-36-48(102(4,5)6)32-34-85(53)132-100/h7-46H,1-6H3. The highest BCUT2D eigenvalue weighted by molar-refractivity contribution is 7.34. The van der Waals surface area contributed by atoms with Gasteiger partial charge in [0, 0.05) is 88.3 Å². The van der Waals surface area contributed by atoms with E-state index >= 15 is 70.2 Å². The Balaban J connectivity index is 0.848. The van der Waals surface area contributed by atoms with Gasteiger partial charge in [0.15, 0.2) is 0 Å². The maximum absolute atomic E-state index is 18.4. The zero-order chi connectivity index (χ0) is 91.3. The summed E-state index contributed by atoms with van der Waals surface area (Å²) in [6.07, 6.45) is 0. The largest absolute Gasteiger partial charge is 0.458 e. The van der Waals surface area contributed by atoms with Crippen molar-refractivity contribution in [2.75, 3.05) is 24.5 Å². The zero-order valence-electron chi connectivity index (χ0n) is 69.6. The number of hydrogen-bond donors (Lipinski definition) is 0. The topological polar surface area (TPSA) is 53.1 Å². The lowest BCUT2D eigenvalue weighted by Gasteiger charge is -2.44. The van der Waals surface area contributed by atoms with Crippen molar-refractivity contribution in [3.8, 4) is 46.0 Å². The van der Waals surface area contributed by atoms with E-state index in [0.29, 0.717) is 56.2 Å². The molecule has 0 aliphatic carbocycles. The van der Waals surface area contributed by atoms with Crippen molar-refractivity contribution in [1.29, 1.82) is 0 Å². The van der Waals surface area contributed by atoms with Crippen molar-refractivity contribution in [2.45, 2.75) is 52.4 Å². The Morgan fingerprint density at radius 3 is 0.871 bits per heavy atom. The summed E-state index contributed by atoms with van der Waals surface area (Å²) in [7, 11) is 0. The first-order valence-corrected chi connectivity index (χ1v) is 43.3. The van der Waals surface area contributed by atoms with Gasteiger partial charge in [-0.2, -0.15) is 0 Å².